The van der Waals surface area contributed by atoms with Gasteiger partial charge in [-0.15, -0.1) is 0 Å². The Morgan fingerprint density at radius 2 is 2.45 bits per heavy atom. The fourth-order valence-corrected chi connectivity index (χ4v) is 1.06. The molecule has 0 saturated carbocycles. The molecule has 3 heteroatoms. The first kappa shape index (κ1) is 7.98. The fraction of sp³-hybridized carbons (Fsp3) is 0.500. The van der Waals surface area contributed by atoms with Crippen LogP contribution in [0.5, 0.6) is 0 Å². The van der Waals surface area contributed by atoms with Gasteiger partial charge >= 0.3 is 0 Å². The molecule has 0 spiro atoms. The second kappa shape index (κ2) is 3.91. The summed E-state index contributed by atoms with van der Waals surface area (Å²) in [6, 6.07) is 0. The molecule has 0 N–H and O–H groups in total. The minimum atomic E-state index is 1.11. The van der Waals surface area contributed by atoms with E-state index in [0.29, 0.717) is 0 Å². The number of hydrogen-bond donors (Lipinski definition) is 0. The molecule has 0 aromatic carbocycles. The summed E-state index contributed by atoms with van der Waals surface area (Å²) in [5.41, 5.74) is 1.23. The van der Waals surface area contributed by atoms with E-state index in [4.69, 9.17) is 0 Å². The van der Waals surface area contributed by atoms with E-state index in [1.165, 1.54) is 5.70 Å². The van der Waals surface area contributed by atoms with E-state index in [-0.39, 0.29) is 0 Å². The average Bonchev–Trinajstić information content (AvgIpc) is 2.37. The van der Waals surface area contributed by atoms with Crippen LogP contribution in [0.25, 0.3) is 0 Å². The van der Waals surface area contributed by atoms with Crippen molar-refractivity contribution in [2.45, 2.75) is 6.42 Å². The SMILES string of the molecule is CN=N/C=C\C1=CCCN1C. The Bertz CT molecular complexity index is 203. The molecule has 0 radical (unpaired) electrons. The molecule has 3 nitrogen and oxygen atoms in total. The molecule has 0 atom stereocenters. The Labute approximate surface area is 67.1 Å². The number of azo groups is 1. The zero-order valence-electron chi connectivity index (χ0n) is 6.99. The number of rotatable bonds is 2. The molecule has 0 aromatic rings. The van der Waals surface area contributed by atoms with Crippen LogP contribution in [-0.4, -0.2) is 25.5 Å². The zero-order valence-corrected chi connectivity index (χ0v) is 6.99. The van der Waals surface area contributed by atoms with Crippen LogP contribution in [-0.2, 0) is 0 Å². The highest BCUT2D eigenvalue weighted by Gasteiger charge is 2.05. The van der Waals surface area contributed by atoms with E-state index in [1.54, 1.807) is 13.2 Å². The van der Waals surface area contributed by atoms with Crippen molar-refractivity contribution >= 4 is 0 Å². The average molecular weight is 151 g/mol. The molecule has 0 fully saturated rings. The summed E-state index contributed by atoms with van der Waals surface area (Å²) in [6.07, 6.45) is 7.02. The third-order valence-electron chi connectivity index (χ3n) is 1.69. The van der Waals surface area contributed by atoms with E-state index in [1.807, 2.05) is 6.08 Å². The standard InChI is InChI=1S/C8H13N3/c1-9-10-6-5-8-4-3-7-11(8)2/h4-6H,3,7H2,1-2H3/b6-5-,10-9?. The van der Waals surface area contributed by atoms with Crippen LogP contribution >= 0.6 is 0 Å². The summed E-state index contributed by atoms with van der Waals surface area (Å²) in [4.78, 5) is 2.20. The Hall–Kier alpha value is -1.12. The van der Waals surface area contributed by atoms with Crippen LogP contribution in [0.4, 0.5) is 0 Å². The van der Waals surface area contributed by atoms with E-state index >= 15 is 0 Å². The van der Waals surface area contributed by atoms with Crippen molar-refractivity contribution in [2.75, 3.05) is 20.6 Å². The fourth-order valence-electron chi connectivity index (χ4n) is 1.06. The number of likely N-dealkylation sites (N-methyl/N-ethyl adjacent to an activating group) is 1. The summed E-state index contributed by atoms with van der Waals surface area (Å²) in [6.45, 7) is 1.11. The van der Waals surface area contributed by atoms with Crippen LogP contribution in [0.2, 0.25) is 0 Å². The van der Waals surface area contributed by atoms with E-state index in [9.17, 15) is 0 Å². The first-order valence-electron chi connectivity index (χ1n) is 3.71. The second-order valence-corrected chi connectivity index (χ2v) is 2.47. The lowest BCUT2D eigenvalue weighted by atomic mass is 10.4. The lowest BCUT2D eigenvalue weighted by molar-refractivity contribution is 0.471. The molecule has 1 rings (SSSR count). The predicted octanol–water partition coefficient (Wildman–Crippen LogP) is 1.80. The van der Waals surface area contributed by atoms with Gasteiger partial charge in [-0.25, -0.2) is 0 Å². The molecule has 0 bridgehead atoms. The highest BCUT2D eigenvalue weighted by Crippen LogP contribution is 2.12. The van der Waals surface area contributed by atoms with Crippen molar-refractivity contribution in [3.8, 4) is 0 Å². The summed E-state index contributed by atoms with van der Waals surface area (Å²) < 4.78 is 0. The van der Waals surface area contributed by atoms with Crippen molar-refractivity contribution in [1.82, 2.24) is 4.90 Å². The summed E-state index contributed by atoms with van der Waals surface area (Å²) in [7, 11) is 3.74. The monoisotopic (exact) mass is 151 g/mol. The van der Waals surface area contributed by atoms with Crippen molar-refractivity contribution in [1.29, 1.82) is 0 Å². The van der Waals surface area contributed by atoms with Crippen LogP contribution in [0.1, 0.15) is 6.42 Å². The Kier molecular flexibility index (Phi) is 2.83. The summed E-state index contributed by atoms with van der Waals surface area (Å²) >= 11 is 0. The predicted molar refractivity (Wildman–Crippen MR) is 45.3 cm³/mol. The van der Waals surface area contributed by atoms with Crippen LogP contribution < -0.4 is 0 Å². The highest BCUT2D eigenvalue weighted by atomic mass is 15.1. The van der Waals surface area contributed by atoms with Gasteiger partial charge in [0.15, 0.2) is 0 Å². The minimum absolute atomic E-state index is 1.11. The topological polar surface area (TPSA) is 28.0 Å². The van der Waals surface area contributed by atoms with E-state index in [2.05, 4.69) is 28.3 Å². The van der Waals surface area contributed by atoms with Crippen molar-refractivity contribution in [2.24, 2.45) is 10.2 Å². The molecule has 1 aliphatic heterocycles. The molecular weight excluding hydrogens is 138 g/mol. The maximum absolute atomic E-state index is 3.75. The normalized spacial score (nSPS) is 18.7. The number of allylic oxidation sites excluding steroid dienone is 1. The van der Waals surface area contributed by atoms with Gasteiger partial charge in [-0.05, 0) is 12.5 Å². The maximum atomic E-state index is 3.75. The molecule has 0 unspecified atom stereocenters. The number of nitrogens with zero attached hydrogens (tertiary/aromatic N) is 3. The third-order valence-corrected chi connectivity index (χ3v) is 1.69. The highest BCUT2D eigenvalue weighted by molar-refractivity contribution is 5.20. The van der Waals surface area contributed by atoms with Gasteiger partial charge in [0.1, 0.15) is 0 Å². The van der Waals surface area contributed by atoms with Gasteiger partial charge in [-0.3, -0.25) is 0 Å². The van der Waals surface area contributed by atoms with Gasteiger partial charge in [0.25, 0.3) is 0 Å². The van der Waals surface area contributed by atoms with Gasteiger partial charge in [-0.1, -0.05) is 6.08 Å². The molecule has 11 heavy (non-hydrogen) atoms. The first-order chi connectivity index (χ1) is 5.34. The smallest absolute Gasteiger partial charge is 0.0511 e. The Morgan fingerprint density at radius 1 is 1.64 bits per heavy atom. The van der Waals surface area contributed by atoms with Crippen LogP contribution in [0, 0.1) is 0 Å². The van der Waals surface area contributed by atoms with Gasteiger partial charge in [0.05, 0.1) is 6.20 Å². The largest absolute Gasteiger partial charge is 0.374 e. The Morgan fingerprint density at radius 3 is 3.00 bits per heavy atom. The molecule has 0 aromatic heterocycles. The minimum Gasteiger partial charge on any atom is -0.374 e. The molecule has 1 aliphatic rings. The summed E-state index contributed by atoms with van der Waals surface area (Å²) in [5, 5.41) is 7.36. The van der Waals surface area contributed by atoms with Crippen molar-refractivity contribution in [3.05, 3.63) is 24.0 Å². The molecular formula is C8H13N3. The van der Waals surface area contributed by atoms with Crippen molar-refractivity contribution in [3.63, 3.8) is 0 Å². The van der Waals surface area contributed by atoms with Gasteiger partial charge in [-0.2, -0.15) is 10.2 Å². The van der Waals surface area contributed by atoms with Gasteiger partial charge in [0, 0.05) is 26.3 Å². The lowest BCUT2D eigenvalue weighted by Gasteiger charge is -2.11. The molecule has 60 valence electrons. The quantitative estimate of drug-likeness (QED) is 0.553. The molecule has 0 saturated heterocycles. The second-order valence-electron chi connectivity index (χ2n) is 2.47. The van der Waals surface area contributed by atoms with Gasteiger partial charge < -0.3 is 4.90 Å². The molecule has 0 amide bonds. The molecule has 1 heterocycles. The summed E-state index contributed by atoms with van der Waals surface area (Å²) in [5.74, 6) is 0. The van der Waals surface area contributed by atoms with Crippen LogP contribution in [0.15, 0.2) is 34.3 Å². The molecule has 0 aliphatic carbocycles. The van der Waals surface area contributed by atoms with E-state index < -0.39 is 0 Å². The Balaban J connectivity index is 2.48. The van der Waals surface area contributed by atoms with Gasteiger partial charge in [0.2, 0.25) is 0 Å². The first-order valence-corrected chi connectivity index (χ1v) is 3.71. The lowest BCUT2D eigenvalue weighted by Crippen LogP contribution is -2.11. The van der Waals surface area contributed by atoms with Crippen molar-refractivity contribution < 1.29 is 0 Å². The van der Waals surface area contributed by atoms with E-state index in [0.717, 1.165) is 13.0 Å². The number of hydrogen-bond acceptors (Lipinski definition) is 3. The third kappa shape index (κ3) is 2.18. The zero-order chi connectivity index (χ0) is 8.10. The van der Waals surface area contributed by atoms with Crippen LogP contribution in [0.3, 0.4) is 0 Å². The maximum Gasteiger partial charge on any atom is 0.0511 e.